The van der Waals surface area contributed by atoms with Gasteiger partial charge >= 0.3 is 0 Å². The molecule has 6 heteroatoms. The van der Waals surface area contributed by atoms with Gasteiger partial charge in [-0.15, -0.1) is 0 Å². The Morgan fingerprint density at radius 2 is 1.85 bits per heavy atom. The highest BCUT2D eigenvalue weighted by Crippen LogP contribution is 2.37. The molecule has 0 aliphatic carbocycles. The van der Waals surface area contributed by atoms with Crippen molar-refractivity contribution in [2.75, 3.05) is 31.6 Å². The summed E-state index contributed by atoms with van der Waals surface area (Å²) in [5.74, 6) is 1.60. The third-order valence-corrected chi connectivity index (χ3v) is 5.25. The van der Waals surface area contributed by atoms with E-state index in [1.165, 1.54) is 5.56 Å². The van der Waals surface area contributed by atoms with Crippen molar-refractivity contribution < 1.29 is 14.3 Å². The van der Waals surface area contributed by atoms with Crippen molar-refractivity contribution in [3.05, 3.63) is 53.1 Å². The maximum absolute atomic E-state index is 12.5. The second kappa shape index (κ2) is 8.19. The number of amides is 1. The fourth-order valence-electron chi connectivity index (χ4n) is 3.70. The molecule has 1 saturated heterocycles. The molecule has 0 unspecified atom stereocenters. The maximum atomic E-state index is 12.5. The zero-order valence-corrected chi connectivity index (χ0v) is 15.9. The minimum Gasteiger partial charge on any atom is -0.490 e. The van der Waals surface area contributed by atoms with Crippen molar-refractivity contribution in [1.29, 1.82) is 0 Å². The molecule has 4 rings (SSSR count). The molecule has 5 nitrogen and oxygen atoms in total. The molecule has 0 aromatic heterocycles. The van der Waals surface area contributed by atoms with Gasteiger partial charge in [0.05, 0.1) is 19.8 Å². The summed E-state index contributed by atoms with van der Waals surface area (Å²) in [6.07, 6.45) is 3.01. The van der Waals surface area contributed by atoms with E-state index in [2.05, 4.69) is 22.3 Å². The molecule has 142 valence electrons. The van der Waals surface area contributed by atoms with Crippen LogP contribution >= 0.6 is 11.6 Å². The number of ether oxygens (including phenoxy) is 2. The average molecular weight is 387 g/mol. The Morgan fingerprint density at radius 1 is 1.07 bits per heavy atom. The third-order valence-electron chi connectivity index (χ3n) is 4.99. The molecular weight excluding hydrogens is 364 g/mol. The van der Waals surface area contributed by atoms with Gasteiger partial charge in [-0.2, -0.15) is 0 Å². The van der Waals surface area contributed by atoms with Crippen molar-refractivity contribution in [3.63, 3.8) is 0 Å². The number of carbonyl (C=O) groups excluding carboxylic acids is 1. The first-order valence-corrected chi connectivity index (χ1v) is 9.76. The Hall–Kier alpha value is -2.24. The number of anilines is 1. The molecular formula is C21H23ClN2O3. The highest BCUT2D eigenvalue weighted by molar-refractivity contribution is 6.30. The number of hydrogen-bond acceptors (Lipinski definition) is 4. The first-order valence-electron chi connectivity index (χ1n) is 9.38. The van der Waals surface area contributed by atoms with E-state index in [-0.39, 0.29) is 11.9 Å². The number of benzene rings is 2. The summed E-state index contributed by atoms with van der Waals surface area (Å²) in [5, 5.41) is 3.60. The molecule has 0 bridgehead atoms. The van der Waals surface area contributed by atoms with Gasteiger partial charge in [0.1, 0.15) is 0 Å². The molecule has 27 heavy (non-hydrogen) atoms. The number of fused-ring (bicyclic) bond motifs is 1. The quantitative estimate of drug-likeness (QED) is 0.852. The normalized spacial score (nSPS) is 19.5. The summed E-state index contributed by atoms with van der Waals surface area (Å²) < 4.78 is 11.5. The van der Waals surface area contributed by atoms with Gasteiger partial charge in [-0.05, 0) is 61.3 Å². The molecule has 0 radical (unpaired) electrons. The van der Waals surface area contributed by atoms with Crippen LogP contribution in [0.3, 0.4) is 0 Å². The predicted octanol–water partition coefficient (Wildman–Crippen LogP) is 4.28. The Morgan fingerprint density at radius 3 is 2.67 bits per heavy atom. The van der Waals surface area contributed by atoms with E-state index >= 15 is 0 Å². The fraction of sp³-hybridized carbons (Fsp3) is 0.381. The first-order chi connectivity index (χ1) is 13.2. The van der Waals surface area contributed by atoms with Crippen molar-refractivity contribution in [2.24, 2.45) is 0 Å². The molecule has 1 N–H and O–H groups in total. The van der Waals surface area contributed by atoms with Crippen molar-refractivity contribution in [3.8, 4) is 11.5 Å². The van der Waals surface area contributed by atoms with Crippen LogP contribution in [0.1, 0.15) is 30.9 Å². The second-order valence-corrected chi connectivity index (χ2v) is 7.38. The van der Waals surface area contributed by atoms with Crippen LogP contribution in [-0.2, 0) is 4.79 Å². The largest absolute Gasteiger partial charge is 0.490 e. The van der Waals surface area contributed by atoms with Gasteiger partial charge in [0.25, 0.3) is 0 Å². The Kier molecular flexibility index (Phi) is 5.50. The third kappa shape index (κ3) is 4.37. The zero-order chi connectivity index (χ0) is 18.6. The second-order valence-electron chi connectivity index (χ2n) is 6.94. The van der Waals surface area contributed by atoms with Crippen LogP contribution in [-0.4, -0.2) is 37.1 Å². The molecule has 2 aromatic carbocycles. The van der Waals surface area contributed by atoms with Crippen molar-refractivity contribution >= 4 is 23.2 Å². The number of carbonyl (C=O) groups is 1. The highest BCUT2D eigenvalue weighted by atomic mass is 35.5. The summed E-state index contributed by atoms with van der Waals surface area (Å²) in [4.78, 5) is 14.7. The van der Waals surface area contributed by atoms with Crippen molar-refractivity contribution in [2.45, 2.75) is 25.3 Å². The fourth-order valence-corrected chi connectivity index (χ4v) is 3.82. The molecule has 1 amide bonds. The summed E-state index contributed by atoms with van der Waals surface area (Å²) in [6.45, 7) is 2.63. The van der Waals surface area contributed by atoms with Crippen LogP contribution in [0.4, 0.5) is 5.69 Å². The van der Waals surface area contributed by atoms with E-state index < -0.39 is 0 Å². The lowest BCUT2D eigenvalue weighted by Gasteiger charge is -2.25. The number of rotatable bonds is 4. The smallest absolute Gasteiger partial charge is 0.238 e. The molecule has 0 saturated carbocycles. The van der Waals surface area contributed by atoms with Gasteiger partial charge in [0, 0.05) is 23.2 Å². The molecule has 1 fully saturated rings. The van der Waals surface area contributed by atoms with Gasteiger partial charge in [0.15, 0.2) is 11.5 Å². The van der Waals surface area contributed by atoms with Gasteiger partial charge in [-0.25, -0.2) is 0 Å². The van der Waals surface area contributed by atoms with Gasteiger partial charge < -0.3 is 14.8 Å². The SMILES string of the molecule is O=C(CN1CCC[C@H]1c1ccc2c(c1)OCCCO2)Nc1ccc(Cl)cc1. The van der Waals surface area contributed by atoms with E-state index in [1.54, 1.807) is 12.1 Å². The number of likely N-dealkylation sites (tertiary alicyclic amines) is 1. The van der Waals surface area contributed by atoms with Gasteiger partial charge in [-0.3, -0.25) is 9.69 Å². The minimum absolute atomic E-state index is 0.0152. The Labute approximate surface area is 164 Å². The standard InChI is InChI=1S/C21H23ClN2O3/c22-16-5-7-17(8-6-16)23-21(25)14-24-10-1-3-18(24)15-4-9-19-20(13-15)27-12-2-11-26-19/h4-9,13,18H,1-3,10-12,14H2,(H,23,25)/t18-/m0/s1. The molecule has 1 atom stereocenters. The lowest BCUT2D eigenvalue weighted by molar-refractivity contribution is -0.117. The zero-order valence-electron chi connectivity index (χ0n) is 15.1. The average Bonchev–Trinajstić information content (AvgIpc) is 2.99. The maximum Gasteiger partial charge on any atom is 0.238 e. The van der Waals surface area contributed by atoms with Crippen molar-refractivity contribution in [1.82, 2.24) is 4.90 Å². The van der Waals surface area contributed by atoms with Crippen LogP contribution in [0, 0.1) is 0 Å². The molecule has 2 aliphatic rings. The lowest BCUT2D eigenvalue weighted by Crippen LogP contribution is -2.32. The van der Waals surface area contributed by atoms with Gasteiger partial charge in [0.2, 0.25) is 5.91 Å². The van der Waals surface area contributed by atoms with Crippen LogP contribution in [0.15, 0.2) is 42.5 Å². The summed E-state index contributed by atoms with van der Waals surface area (Å²) in [7, 11) is 0. The molecule has 2 aliphatic heterocycles. The summed E-state index contributed by atoms with van der Waals surface area (Å²) >= 11 is 5.89. The molecule has 2 heterocycles. The monoisotopic (exact) mass is 386 g/mol. The van der Waals surface area contributed by atoms with E-state index in [1.807, 2.05) is 18.2 Å². The van der Waals surface area contributed by atoms with E-state index in [4.69, 9.17) is 21.1 Å². The van der Waals surface area contributed by atoms with Gasteiger partial charge in [-0.1, -0.05) is 17.7 Å². The highest BCUT2D eigenvalue weighted by Gasteiger charge is 2.28. The summed E-state index contributed by atoms with van der Waals surface area (Å²) in [5.41, 5.74) is 1.94. The summed E-state index contributed by atoms with van der Waals surface area (Å²) in [6, 6.07) is 13.5. The number of nitrogens with zero attached hydrogens (tertiary/aromatic N) is 1. The van der Waals surface area contributed by atoms with Crippen LogP contribution < -0.4 is 14.8 Å². The molecule has 0 spiro atoms. The van der Waals surface area contributed by atoms with E-state index in [0.29, 0.717) is 24.8 Å². The number of nitrogens with one attached hydrogen (secondary N) is 1. The van der Waals surface area contributed by atoms with Crippen LogP contribution in [0.5, 0.6) is 11.5 Å². The molecule has 2 aromatic rings. The number of hydrogen-bond donors (Lipinski definition) is 1. The Balaban J connectivity index is 1.43. The lowest BCUT2D eigenvalue weighted by atomic mass is 10.0. The predicted molar refractivity (Wildman–Crippen MR) is 106 cm³/mol. The minimum atomic E-state index is -0.0152. The van der Waals surface area contributed by atoms with E-state index in [0.717, 1.165) is 43.0 Å². The first kappa shape index (κ1) is 18.1. The van der Waals surface area contributed by atoms with Crippen LogP contribution in [0.25, 0.3) is 0 Å². The Bertz CT molecular complexity index is 810. The van der Waals surface area contributed by atoms with E-state index in [9.17, 15) is 4.79 Å². The van der Waals surface area contributed by atoms with Crippen LogP contribution in [0.2, 0.25) is 5.02 Å². The topological polar surface area (TPSA) is 50.8 Å². The number of halogens is 1.